The number of carbonyl (C=O) groups excluding carboxylic acids is 2. The van der Waals surface area contributed by atoms with E-state index in [4.69, 9.17) is 5.73 Å². The van der Waals surface area contributed by atoms with Gasteiger partial charge in [-0.2, -0.15) is 0 Å². The van der Waals surface area contributed by atoms with Gasteiger partial charge in [0.15, 0.2) is 0 Å². The average molecular weight is 636 g/mol. The molecule has 3 saturated carbocycles. The first kappa shape index (κ1) is 30.6. The summed E-state index contributed by atoms with van der Waals surface area (Å²) in [6.45, 7) is 1.60. The molecule has 3 fully saturated rings. The summed E-state index contributed by atoms with van der Waals surface area (Å²) in [5.41, 5.74) is 2.79. The standard InChI is InChI=1S/C30H30FN7O8/c1-14(29-4-7-30(8-5-29,9-6-29)26(43)44)35-24(41)18-11-19(38-27(36-18)37-46-28(38)45)25(42)34-12-15-2-3-17(31)16(10-15)13-33-21-20(32)22(39)23(21)40/h2-3,10-11,14,33H,4-9,12-13,32H2,1H3,(H,34,42)(H,35,41)(H,43,44). The molecule has 4 aromatic rings. The molecule has 16 heteroatoms. The number of nitrogen functional groups attached to an aromatic ring is 1. The van der Waals surface area contributed by atoms with Crippen LogP contribution in [0.3, 0.4) is 0 Å². The van der Waals surface area contributed by atoms with Crippen molar-refractivity contribution in [3.05, 3.63) is 83.6 Å². The van der Waals surface area contributed by atoms with Gasteiger partial charge in [-0.3, -0.25) is 28.5 Å². The lowest BCUT2D eigenvalue weighted by Crippen LogP contribution is -2.54. The van der Waals surface area contributed by atoms with E-state index in [0.717, 1.165) is 10.5 Å². The number of rotatable bonds is 10. The van der Waals surface area contributed by atoms with Gasteiger partial charge in [0.05, 0.1) is 5.41 Å². The fraction of sp³-hybridized carbons (Fsp3) is 0.400. The van der Waals surface area contributed by atoms with Gasteiger partial charge in [-0.15, -0.1) is 0 Å². The zero-order valence-electron chi connectivity index (χ0n) is 24.6. The topological polar surface area (TPSA) is 228 Å². The molecule has 2 bridgehead atoms. The molecule has 0 spiro atoms. The second-order valence-corrected chi connectivity index (χ2v) is 12.2. The van der Waals surface area contributed by atoms with E-state index in [1.807, 2.05) is 6.92 Å². The van der Waals surface area contributed by atoms with E-state index in [-0.39, 0.29) is 58.7 Å². The third-order valence-electron chi connectivity index (χ3n) is 9.78. The van der Waals surface area contributed by atoms with Gasteiger partial charge in [0, 0.05) is 24.7 Å². The van der Waals surface area contributed by atoms with Gasteiger partial charge in [-0.25, -0.2) is 18.6 Å². The van der Waals surface area contributed by atoms with Crippen LogP contribution in [0.5, 0.6) is 0 Å². The second kappa shape index (κ2) is 11.2. The first-order valence-corrected chi connectivity index (χ1v) is 14.7. The molecule has 2 heterocycles. The molecule has 0 aliphatic heterocycles. The maximum absolute atomic E-state index is 14.4. The van der Waals surface area contributed by atoms with Crippen molar-refractivity contribution >= 4 is 34.9 Å². The summed E-state index contributed by atoms with van der Waals surface area (Å²) in [5, 5.41) is 21.5. The van der Waals surface area contributed by atoms with Gasteiger partial charge in [-0.1, -0.05) is 6.07 Å². The van der Waals surface area contributed by atoms with Crippen molar-refractivity contribution in [2.75, 3.05) is 11.1 Å². The van der Waals surface area contributed by atoms with E-state index in [1.165, 1.54) is 18.2 Å². The molecule has 2 amide bonds. The van der Waals surface area contributed by atoms with Crippen molar-refractivity contribution in [3.63, 3.8) is 0 Å². The Kier molecular flexibility index (Phi) is 7.45. The van der Waals surface area contributed by atoms with E-state index >= 15 is 0 Å². The molecule has 240 valence electrons. The molecule has 2 aromatic heterocycles. The smallest absolute Gasteiger partial charge is 0.448 e. The number of amides is 2. The SMILES string of the molecule is CC(NC(=O)c1cc(C(=O)NCc2ccc(F)c(CNc3c(N)c(=O)c3=O)c2)n2c(=O)onc2n1)C12CCC(C(=O)O)(CC1)CC2. The molecule has 1 unspecified atom stereocenters. The number of aromatic nitrogens is 3. The van der Waals surface area contributed by atoms with Crippen LogP contribution in [0.1, 0.15) is 77.6 Å². The van der Waals surface area contributed by atoms with Gasteiger partial charge in [0.25, 0.3) is 28.4 Å². The Labute approximate surface area is 258 Å². The fourth-order valence-corrected chi connectivity index (χ4v) is 6.66. The minimum Gasteiger partial charge on any atom is -0.481 e. The van der Waals surface area contributed by atoms with Crippen LogP contribution in [0, 0.1) is 16.6 Å². The normalized spacial score (nSPS) is 21.3. The van der Waals surface area contributed by atoms with Gasteiger partial charge >= 0.3 is 11.7 Å². The van der Waals surface area contributed by atoms with Crippen LogP contribution in [0.2, 0.25) is 0 Å². The summed E-state index contributed by atoms with van der Waals surface area (Å²) < 4.78 is 19.9. The fourth-order valence-electron chi connectivity index (χ4n) is 6.66. The molecule has 2 aromatic carbocycles. The van der Waals surface area contributed by atoms with E-state index in [2.05, 4.69) is 30.6 Å². The number of nitrogens with two attached hydrogens (primary N) is 1. The van der Waals surface area contributed by atoms with Crippen LogP contribution in [-0.4, -0.2) is 43.5 Å². The Morgan fingerprint density at radius 1 is 1.04 bits per heavy atom. The van der Waals surface area contributed by atoms with E-state index in [1.54, 1.807) is 0 Å². The predicted molar refractivity (Wildman–Crippen MR) is 159 cm³/mol. The number of carbonyl (C=O) groups is 3. The molecule has 0 radical (unpaired) electrons. The average Bonchev–Trinajstić information content (AvgIpc) is 3.44. The van der Waals surface area contributed by atoms with E-state index in [9.17, 15) is 38.3 Å². The summed E-state index contributed by atoms with van der Waals surface area (Å²) in [5.74, 6) is -4.05. The number of aliphatic carboxylic acids is 1. The highest BCUT2D eigenvalue weighted by atomic mass is 19.1. The molecular weight excluding hydrogens is 605 g/mol. The molecule has 0 saturated heterocycles. The van der Waals surface area contributed by atoms with Crippen LogP contribution in [0.4, 0.5) is 15.8 Å². The number of carboxylic acid groups (broad SMARTS) is 1. The Bertz CT molecular complexity index is 2020. The molecular formula is C30H30FN7O8. The molecule has 46 heavy (non-hydrogen) atoms. The number of hydrogen-bond donors (Lipinski definition) is 5. The van der Waals surface area contributed by atoms with Crippen molar-refractivity contribution in [2.45, 2.75) is 64.6 Å². The minimum absolute atomic E-state index is 0.0875. The Hall–Kier alpha value is -5.41. The lowest BCUT2D eigenvalue weighted by atomic mass is 9.52. The summed E-state index contributed by atoms with van der Waals surface area (Å²) in [6.07, 6.45) is 3.59. The lowest BCUT2D eigenvalue weighted by molar-refractivity contribution is -0.159. The van der Waals surface area contributed by atoms with Crippen LogP contribution < -0.4 is 38.3 Å². The molecule has 7 rings (SSSR count). The van der Waals surface area contributed by atoms with Crippen LogP contribution in [0.25, 0.3) is 5.78 Å². The van der Waals surface area contributed by atoms with Gasteiger partial charge < -0.3 is 26.8 Å². The number of fused-ring (bicyclic) bond motifs is 4. The Balaban J connectivity index is 1.16. The first-order chi connectivity index (χ1) is 21.8. The second-order valence-electron chi connectivity index (χ2n) is 12.2. The third kappa shape index (κ3) is 5.08. The number of carboxylic acids is 1. The first-order valence-electron chi connectivity index (χ1n) is 14.7. The van der Waals surface area contributed by atoms with Crippen LogP contribution in [-0.2, 0) is 17.9 Å². The number of hydrogen-bond acceptors (Lipinski definition) is 11. The third-order valence-corrected chi connectivity index (χ3v) is 9.78. The highest BCUT2D eigenvalue weighted by Crippen LogP contribution is 2.58. The van der Waals surface area contributed by atoms with E-state index < -0.39 is 45.6 Å². The zero-order chi connectivity index (χ0) is 33.0. The maximum atomic E-state index is 14.4. The predicted octanol–water partition coefficient (Wildman–Crippen LogP) is 1.09. The van der Waals surface area contributed by atoms with Crippen molar-refractivity contribution in [3.8, 4) is 0 Å². The molecule has 1 atom stereocenters. The Morgan fingerprint density at radius 3 is 2.39 bits per heavy atom. The summed E-state index contributed by atoms with van der Waals surface area (Å²) in [4.78, 5) is 77.9. The highest BCUT2D eigenvalue weighted by Gasteiger charge is 2.54. The van der Waals surface area contributed by atoms with Crippen molar-refractivity contribution in [1.29, 1.82) is 0 Å². The van der Waals surface area contributed by atoms with Gasteiger partial charge in [0.2, 0.25) is 0 Å². The van der Waals surface area contributed by atoms with Crippen molar-refractivity contribution in [2.24, 2.45) is 10.8 Å². The maximum Gasteiger partial charge on any atom is 0.448 e. The minimum atomic E-state index is -0.995. The van der Waals surface area contributed by atoms with E-state index in [0.29, 0.717) is 44.1 Å². The Morgan fingerprint density at radius 2 is 1.74 bits per heavy atom. The van der Waals surface area contributed by atoms with Crippen molar-refractivity contribution in [1.82, 2.24) is 25.2 Å². The molecule has 15 nitrogen and oxygen atoms in total. The number of anilines is 2. The molecule has 3 aliphatic rings. The quantitative estimate of drug-likeness (QED) is 0.154. The number of benzene rings is 1. The van der Waals surface area contributed by atoms with Crippen LogP contribution in [0.15, 0.2) is 43.2 Å². The van der Waals surface area contributed by atoms with Crippen LogP contribution >= 0.6 is 0 Å². The molecule has 6 N–H and O–H groups in total. The highest BCUT2D eigenvalue weighted by molar-refractivity contribution is 5.98. The largest absolute Gasteiger partial charge is 0.481 e. The van der Waals surface area contributed by atoms with Gasteiger partial charge in [0.1, 0.15) is 28.6 Å². The molecule has 3 aliphatic carbocycles. The number of nitrogens with zero attached hydrogens (tertiary/aromatic N) is 3. The summed E-state index contributed by atoms with van der Waals surface area (Å²) in [7, 11) is 0. The summed E-state index contributed by atoms with van der Waals surface area (Å²) in [6, 6.07) is 4.86. The monoisotopic (exact) mass is 635 g/mol. The van der Waals surface area contributed by atoms with Crippen molar-refractivity contribution < 1.29 is 28.4 Å². The lowest BCUT2D eigenvalue weighted by Gasteiger charge is -2.54. The van der Waals surface area contributed by atoms with Gasteiger partial charge in [-0.05, 0) is 79.8 Å². The number of nitrogens with one attached hydrogen (secondary N) is 3. The number of halogens is 1. The summed E-state index contributed by atoms with van der Waals surface area (Å²) >= 11 is 0. The zero-order valence-corrected chi connectivity index (χ0v) is 24.6.